The van der Waals surface area contributed by atoms with Crippen molar-refractivity contribution in [2.24, 2.45) is 0 Å². The third-order valence-corrected chi connectivity index (χ3v) is 6.46. The largest absolute Gasteiger partial charge is 0.377 e. The Morgan fingerprint density at radius 2 is 1.92 bits per heavy atom. The van der Waals surface area contributed by atoms with Gasteiger partial charge >= 0.3 is 0 Å². The first-order valence-corrected chi connectivity index (χ1v) is 10.5. The van der Waals surface area contributed by atoms with E-state index in [4.69, 9.17) is 4.74 Å². The van der Waals surface area contributed by atoms with Crippen molar-refractivity contribution < 1.29 is 9.53 Å². The van der Waals surface area contributed by atoms with Crippen LogP contribution in [0, 0.1) is 0 Å². The van der Waals surface area contributed by atoms with Crippen molar-refractivity contribution in [2.45, 2.75) is 49.1 Å². The number of ether oxygens (including phenoxy) is 1. The molecule has 0 spiro atoms. The predicted molar refractivity (Wildman–Crippen MR) is 106 cm³/mol. The average molecular weight is 368 g/mol. The van der Waals surface area contributed by atoms with Crippen LogP contribution in [0.15, 0.2) is 53.4 Å². The zero-order valence-corrected chi connectivity index (χ0v) is 15.8. The van der Waals surface area contributed by atoms with E-state index < -0.39 is 0 Å². The van der Waals surface area contributed by atoms with E-state index in [1.807, 2.05) is 24.3 Å². The summed E-state index contributed by atoms with van der Waals surface area (Å²) in [6.45, 7) is 0.869. The Bertz CT molecular complexity index is 770. The summed E-state index contributed by atoms with van der Waals surface area (Å²) in [5, 5.41) is 3.28. The zero-order chi connectivity index (χ0) is 17.8. The summed E-state index contributed by atoms with van der Waals surface area (Å²) < 4.78 is 5.71. The first kappa shape index (κ1) is 17.6. The van der Waals surface area contributed by atoms with Gasteiger partial charge in [-0.2, -0.15) is 0 Å². The van der Waals surface area contributed by atoms with Gasteiger partial charge in [-0.25, -0.2) is 0 Å². The monoisotopic (exact) mass is 367 g/mol. The molecule has 136 valence electrons. The molecule has 1 aliphatic carbocycles. The summed E-state index contributed by atoms with van der Waals surface area (Å²) in [4.78, 5) is 14.0. The Morgan fingerprint density at radius 1 is 1.08 bits per heavy atom. The number of aryl methyl sites for hydroxylation is 1. The van der Waals surface area contributed by atoms with E-state index in [-0.39, 0.29) is 11.9 Å². The molecule has 0 radical (unpaired) electrons. The second-order valence-corrected chi connectivity index (χ2v) is 8.12. The highest BCUT2D eigenvalue weighted by molar-refractivity contribution is 7.99. The highest BCUT2D eigenvalue weighted by Gasteiger charge is 2.23. The molecule has 2 aromatic carbocycles. The maximum atomic E-state index is 13.0. The van der Waals surface area contributed by atoms with Gasteiger partial charge in [-0.3, -0.25) is 4.79 Å². The number of hydrogen-bond acceptors (Lipinski definition) is 3. The number of fused-ring (bicyclic) bond motifs is 1. The predicted octanol–water partition coefficient (Wildman–Crippen LogP) is 4.77. The molecule has 1 aliphatic heterocycles. The Hall–Kier alpha value is -1.78. The van der Waals surface area contributed by atoms with E-state index in [9.17, 15) is 4.79 Å². The highest BCUT2D eigenvalue weighted by Crippen LogP contribution is 2.31. The lowest BCUT2D eigenvalue weighted by molar-refractivity contribution is 0.0929. The van der Waals surface area contributed by atoms with E-state index in [0.717, 1.165) is 54.9 Å². The molecule has 2 unspecified atom stereocenters. The van der Waals surface area contributed by atoms with E-state index in [2.05, 4.69) is 29.6 Å². The van der Waals surface area contributed by atoms with Crippen LogP contribution in [0.25, 0.3) is 0 Å². The van der Waals surface area contributed by atoms with Gasteiger partial charge in [0.15, 0.2) is 0 Å². The Kier molecular flexibility index (Phi) is 5.61. The van der Waals surface area contributed by atoms with Gasteiger partial charge in [0, 0.05) is 17.3 Å². The van der Waals surface area contributed by atoms with E-state index >= 15 is 0 Å². The molecule has 1 heterocycles. The zero-order valence-electron chi connectivity index (χ0n) is 14.9. The molecule has 0 saturated carbocycles. The lowest BCUT2D eigenvalue weighted by Gasteiger charge is -2.26. The quantitative estimate of drug-likeness (QED) is 0.774. The second-order valence-electron chi connectivity index (χ2n) is 7.06. The maximum Gasteiger partial charge on any atom is 0.252 e. The van der Waals surface area contributed by atoms with E-state index in [0.29, 0.717) is 6.10 Å². The van der Waals surface area contributed by atoms with Crippen LogP contribution in [-0.4, -0.2) is 24.4 Å². The lowest BCUT2D eigenvalue weighted by Crippen LogP contribution is -2.31. The number of nitrogens with one attached hydrogen (secondary N) is 1. The summed E-state index contributed by atoms with van der Waals surface area (Å²) in [5.74, 6) is 0.943. The number of benzene rings is 2. The first-order valence-electron chi connectivity index (χ1n) is 9.53. The standard InChI is InChI=1S/C22H25NO2S/c24-22(23-20-12-5-8-16-7-1-2-10-18(16)20)19-11-3-4-13-21(19)26-15-17-9-6-14-25-17/h1-4,7,10-11,13,17,20H,5-6,8-9,12,14-15H2,(H,23,24). The minimum absolute atomic E-state index is 0.0298. The van der Waals surface area contributed by atoms with Crippen molar-refractivity contribution in [2.75, 3.05) is 12.4 Å². The Labute approximate surface area is 159 Å². The summed E-state index contributed by atoms with van der Waals surface area (Å²) in [6, 6.07) is 16.5. The van der Waals surface area contributed by atoms with Gasteiger partial charge in [0.05, 0.1) is 17.7 Å². The van der Waals surface area contributed by atoms with Gasteiger partial charge in [-0.1, -0.05) is 36.4 Å². The minimum Gasteiger partial charge on any atom is -0.377 e. The van der Waals surface area contributed by atoms with Crippen LogP contribution in [0.1, 0.15) is 53.2 Å². The van der Waals surface area contributed by atoms with Crippen LogP contribution >= 0.6 is 11.8 Å². The second kappa shape index (κ2) is 8.28. The molecule has 3 nitrogen and oxygen atoms in total. The van der Waals surface area contributed by atoms with Crippen LogP contribution in [0.3, 0.4) is 0 Å². The third kappa shape index (κ3) is 3.97. The van der Waals surface area contributed by atoms with Crippen LogP contribution in [0.5, 0.6) is 0 Å². The Morgan fingerprint density at radius 3 is 2.81 bits per heavy atom. The summed E-state index contributed by atoms with van der Waals surface area (Å²) >= 11 is 1.73. The molecule has 26 heavy (non-hydrogen) atoms. The molecule has 4 rings (SSSR count). The number of hydrogen-bond donors (Lipinski definition) is 1. The molecule has 1 fully saturated rings. The van der Waals surface area contributed by atoms with Crippen molar-refractivity contribution in [1.29, 1.82) is 0 Å². The van der Waals surface area contributed by atoms with Crippen LogP contribution in [-0.2, 0) is 11.2 Å². The fourth-order valence-corrected chi connectivity index (χ4v) is 5.00. The number of carbonyl (C=O) groups excluding carboxylic acids is 1. The fraction of sp³-hybridized carbons (Fsp3) is 0.409. The summed E-state index contributed by atoms with van der Waals surface area (Å²) in [6.07, 6.45) is 5.83. The molecule has 1 saturated heterocycles. The molecule has 0 bridgehead atoms. The van der Waals surface area contributed by atoms with Crippen molar-refractivity contribution in [1.82, 2.24) is 5.32 Å². The van der Waals surface area contributed by atoms with Gasteiger partial charge in [0.1, 0.15) is 0 Å². The van der Waals surface area contributed by atoms with Gasteiger partial charge in [0.2, 0.25) is 0 Å². The highest BCUT2D eigenvalue weighted by atomic mass is 32.2. The van der Waals surface area contributed by atoms with Gasteiger partial charge < -0.3 is 10.1 Å². The molecule has 2 aromatic rings. The SMILES string of the molecule is O=C(NC1CCCc2ccccc21)c1ccccc1SCC1CCCO1. The van der Waals surface area contributed by atoms with Crippen molar-refractivity contribution in [3.05, 3.63) is 65.2 Å². The fourth-order valence-electron chi connectivity index (χ4n) is 3.88. The van der Waals surface area contributed by atoms with Crippen LogP contribution < -0.4 is 5.32 Å². The van der Waals surface area contributed by atoms with Gasteiger partial charge in [-0.15, -0.1) is 11.8 Å². The third-order valence-electron chi connectivity index (χ3n) is 5.26. The van der Waals surface area contributed by atoms with Crippen molar-refractivity contribution in [3.8, 4) is 0 Å². The number of rotatable bonds is 5. The van der Waals surface area contributed by atoms with Crippen LogP contribution in [0.4, 0.5) is 0 Å². The molecular weight excluding hydrogens is 342 g/mol. The van der Waals surface area contributed by atoms with Gasteiger partial charge in [0.25, 0.3) is 5.91 Å². The topological polar surface area (TPSA) is 38.3 Å². The maximum absolute atomic E-state index is 13.0. The normalized spacial score (nSPS) is 22.0. The lowest BCUT2D eigenvalue weighted by atomic mass is 9.87. The van der Waals surface area contributed by atoms with E-state index in [1.54, 1.807) is 11.8 Å². The van der Waals surface area contributed by atoms with Gasteiger partial charge in [-0.05, 0) is 55.4 Å². The Balaban J connectivity index is 1.47. The van der Waals surface area contributed by atoms with Crippen LogP contribution in [0.2, 0.25) is 0 Å². The number of thioether (sulfide) groups is 1. The average Bonchev–Trinajstić information content (AvgIpc) is 3.20. The van der Waals surface area contributed by atoms with E-state index in [1.165, 1.54) is 11.1 Å². The smallest absolute Gasteiger partial charge is 0.252 e. The molecule has 4 heteroatoms. The summed E-state index contributed by atoms with van der Waals surface area (Å²) in [5.41, 5.74) is 3.42. The molecule has 0 aromatic heterocycles. The first-order chi connectivity index (χ1) is 12.8. The molecule has 1 amide bonds. The molecular formula is C22H25NO2S. The number of carbonyl (C=O) groups is 1. The van der Waals surface area contributed by atoms with Crippen molar-refractivity contribution >= 4 is 17.7 Å². The number of amides is 1. The summed E-state index contributed by atoms with van der Waals surface area (Å²) in [7, 11) is 0. The molecule has 2 atom stereocenters. The van der Waals surface area contributed by atoms with Crippen molar-refractivity contribution in [3.63, 3.8) is 0 Å². The molecule has 2 aliphatic rings. The molecule has 1 N–H and O–H groups in total. The minimum atomic E-state index is 0.0298.